The van der Waals surface area contributed by atoms with Crippen LogP contribution in [0.4, 0.5) is 5.82 Å². The number of hydrogen-bond donors (Lipinski definition) is 1. The maximum atomic E-state index is 9.24. The van der Waals surface area contributed by atoms with Crippen LogP contribution in [-0.4, -0.2) is 41.0 Å². The minimum atomic E-state index is -0.0782. The van der Waals surface area contributed by atoms with Gasteiger partial charge in [-0.1, -0.05) is 0 Å². The molecular weight excluding hydrogens is 222 g/mol. The van der Waals surface area contributed by atoms with Gasteiger partial charge in [-0.15, -0.1) is 11.8 Å². The normalized spacial score (nSPS) is 23.9. The number of aliphatic hydroxyl groups is 1. The van der Waals surface area contributed by atoms with Gasteiger partial charge in [0.1, 0.15) is 17.2 Å². The minimum Gasteiger partial charge on any atom is -0.393 e. The van der Waals surface area contributed by atoms with Crippen molar-refractivity contribution in [2.45, 2.75) is 24.0 Å². The molecule has 1 heterocycles. The van der Waals surface area contributed by atoms with Crippen LogP contribution in [0.15, 0.2) is 17.4 Å². The Hall–Kier alpha value is -0.810. The Kier molecular flexibility index (Phi) is 3.66. The van der Waals surface area contributed by atoms with Gasteiger partial charge in [-0.05, 0) is 25.0 Å². The Morgan fingerprint density at radius 2 is 2.25 bits per heavy atom. The highest BCUT2D eigenvalue weighted by Gasteiger charge is 2.28. The molecule has 1 N–H and O–H groups in total. The van der Waals surface area contributed by atoms with Gasteiger partial charge >= 0.3 is 0 Å². The number of nitrogens with zero attached hydrogens (tertiary/aromatic N) is 3. The van der Waals surface area contributed by atoms with Crippen molar-refractivity contribution in [3.63, 3.8) is 0 Å². The second-order valence-electron chi connectivity index (χ2n) is 4.29. The van der Waals surface area contributed by atoms with E-state index in [0.29, 0.717) is 5.92 Å². The fraction of sp³-hybridized carbons (Fsp3) is 0.636. The summed E-state index contributed by atoms with van der Waals surface area (Å²) in [6, 6.07) is 2.00. The number of aromatic nitrogens is 2. The SMILES string of the molecule is CSc1cc(N(C)CC2CC(O)C2)ncn1. The molecule has 4 nitrogen and oxygen atoms in total. The van der Waals surface area contributed by atoms with Crippen LogP contribution in [0.1, 0.15) is 12.8 Å². The third kappa shape index (κ3) is 2.65. The van der Waals surface area contributed by atoms with E-state index in [2.05, 4.69) is 14.9 Å². The third-order valence-electron chi connectivity index (χ3n) is 2.97. The molecule has 0 bridgehead atoms. The lowest BCUT2D eigenvalue weighted by Crippen LogP contribution is -2.37. The van der Waals surface area contributed by atoms with Crippen LogP contribution in [0.5, 0.6) is 0 Å². The summed E-state index contributed by atoms with van der Waals surface area (Å²) >= 11 is 1.62. The van der Waals surface area contributed by atoms with Crippen LogP contribution >= 0.6 is 11.8 Å². The highest BCUT2D eigenvalue weighted by Crippen LogP contribution is 2.28. The van der Waals surface area contributed by atoms with E-state index in [4.69, 9.17) is 0 Å². The maximum absolute atomic E-state index is 9.24. The van der Waals surface area contributed by atoms with E-state index in [9.17, 15) is 5.11 Å². The predicted octanol–water partition coefficient (Wildman–Crippen LogP) is 1.41. The van der Waals surface area contributed by atoms with Gasteiger partial charge in [0.05, 0.1) is 6.10 Å². The Morgan fingerprint density at radius 1 is 1.50 bits per heavy atom. The fourth-order valence-corrected chi connectivity index (χ4v) is 2.36. The topological polar surface area (TPSA) is 49.2 Å². The maximum Gasteiger partial charge on any atom is 0.132 e. The second-order valence-corrected chi connectivity index (χ2v) is 5.12. The molecule has 1 aromatic rings. The van der Waals surface area contributed by atoms with E-state index in [1.807, 2.05) is 19.4 Å². The Labute approximate surface area is 100 Å². The van der Waals surface area contributed by atoms with E-state index in [1.54, 1.807) is 18.1 Å². The van der Waals surface area contributed by atoms with Crippen molar-refractivity contribution >= 4 is 17.6 Å². The molecule has 88 valence electrons. The summed E-state index contributed by atoms with van der Waals surface area (Å²) in [6.45, 7) is 0.960. The van der Waals surface area contributed by atoms with E-state index < -0.39 is 0 Å². The van der Waals surface area contributed by atoms with Gasteiger partial charge in [-0.3, -0.25) is 0 Å². The lowest BCUT2D eigenvalue weighted by atomic mass is 9.82. The first-order valence-corrected chi connectivity index (χ1v) is 6.66. The van der Waals surface area contributed by atoms with E-state index >= 15 is 0 Å². The van der Waals surface area contributed by atoms with Crippen molar-refractivity contribution in [1.82, 2.24) is 9.97 Å². The van der Waals surface area contributed by atoms with Crippen LogP contribution in [0.2, 0.25) is 0 Å². The summed E-state index contributed by atoms with van der Waals surface area (Å²) in [6.07, 6.45) is 5.38. The summed E-state index contributed by atoms with van der Waals surface area (Å²) < 4.78 is 0. The first kappa shape index (κ1) is 11.7. The van der Waals surface area contributed by atoms with Crippen molar-refractivity contribution in [3.05, 3.63) is 12.4 Å². The predicted molar refractivity (Wildman–Crippen MR) is 65.8 cm³/mol. The molecule has 0 aromatic carbocycles. The van der Waals surface area contributed by atoms with Crippen molar-refractivity contribution in [2.24, 2.45) is 5.92 Å². The summed E-state index contributed by atoms with van der Waals surface area (Å²) in [7, 11) is 2.04. The molecule has 0 atom stereocenters. The molecule has 0 saturated heterocycles. The molecule has 1 saturated carbocycles. The molecule has 16 heavy (non-hydrogen) atoms. The van der Waals surface area contributed by atoms with E-state index in [-0.39, 0.29) is 6.10 Å². The van der Waals surface area contributed by atoms with E-state index in [0.717, 1.165) is 30.2 Å². The lowest BCUT2D eigenvalue weighted by Gasteiger charge is -2.34. The largest absolute Gasteiger partial charge is 0.393 e. The minimum absolute atomic E-state index is 0.0782. The zero-order valence-electron chi connectivity index (χ0n) is 9.63. The molecule has 0 radical (unpaired) electrons. The molecule has 1 aromatic heterocycles. The van der Waals surface area contributed by atoms with E-state index in [1.165, 1.54) is 0 Å². The van der Waals surface area contributed by atoms with Crippen molar-refractivity contribution in [3.8, 4) is 0 Å². The second kappa shape index (κ2) is 5.01. The molecule has 0 amide bonds. The number of rotatable bonds is 4. The first-order chi connectivity index (χ1) is 7.69. The van der Waals surface area contributed by atoms with Crippen LogP contribution in [0.25, 0.3) is 0 Å². The fourth-order valence-electron chi connectivity index (χ4n) is 1.98. The summed E-state index contributed by atoms with van der Waals surface area (Å²) in [5.41, 5.74) is 0. The van der Waals surface area contributed by atoms with Gasteiger partial charge in [-0.2, -0.15) is 0 Å². The number of hydrogen-bond acceptors (Lipinski definition) is 5. The molecule has 2 rings (SSSR count). The number of aliphatic hydroxyl groups excluding tert-OH is 1. The Morgan fingerprint density at radius 3 is 2.88 bits per heavy atom. The molecule has 1 aliphatic carbocycles. The van der Waals surface area contributed by atoms with Crippen LogP contribution in [-0.2, 0) is 0 Å². The van der Waals surface area contributed by atoms with Gasteiger partial charge in [0, 0.05) is 19.7 Å². The standard InChI is InChI=1S/C11H17N3OS/c1-14(6-8-3-9(15)4-8)10-5-11(16-2)13-7-12-10/h5,7-9,15H,3-4,6H2,1-2H3. The van der Waals surface area contributed by atoms with Crippen molar-refractivity contribution in [2.75, 3.05) is 24.7 Å². The highest BCUT2D eigenvalue weighted by molar-refractivity contribution is 7.98. The van der Waals surface area contributed by atoms with Crippen LogP contribution in [0.3, 0.4) is 0 Å². The molecule has 0 spiro atoms. The Bertz CT molecular complexity index is 355. The van der Waals surface area contributed by atoms with Crippen molar-refractivity contribution in [1.29, 1.82) is 0 Å². The lowest BCUT2D eigenvalue weighted by molar-refractivity contribution is 0.0464. The highest BCUT2D eigenvalue weighted by atomic mass is 32.2. The summed E-state index contributed by atoms with van der Waals surface area (Å²) in [5.74, 6) is 1.56. The van der Waals surface area contributed by atoms with Gasteiger partial charge in [0.15, 0.2) is 0 Å². The average molecular weight is 239 g/mol. The number of anilines is 1. The van der Waals surface area contributed by atoms with Crippen LogP contribution in [0, 0.1) is 5.92 Å². The monoisotopic (exact) mass is 239 g/mol. The zero-order valence-corrected chi connectivity index (χ0v) is 10.4. The molecule has 1 aliphatic rings. The van der Waals surface area contributed by atoms with Crippen LogP contribution < -0.4 is 4.90 Å². The van der Waals surface area contributed by atoms with Gasteiger partial charge in [0.25, 0.3) is 0 Å². The average Bonchev–Trinajstić information content (AvgIpc) is 2.27. The third-order valence-corrected chi connectivity index (χ3v) is 3.61. The molecule has 0 unspecified atom stereocenters. The molecule has 0 aliphatic heterocycles. The van der Waals surface area contributed by atoms with Gasteiger partial charge < -0.3 is 10.0 Å². The zero-order chi connectivity index (χ0) is 11.5. The van der Waals surface area contributed by atoms with Gasteiger partial charge in [-0.25, -0.2) is 9.97 Å². The first-order valence-electron chi connectivity index (χ1n) is 5.44. The van der Waals surface area contributed by atoms with Gasteiger partial charge in [0.2, 0.25) is 0 Å². The van der Waals surface area contributed by atoms with Crippen molar-refractivity contribution < 1.29 is 5.11 Å². The molecular formula is C11H17N3OS. The summed E-state index contributed by atoms with van der Waals surface area (Å²) in [5, 5.41) is 10.2. The Balaban J connectivity index is 1.94. The molecule has 1 fully saturated rings. The summed E-state index contributed by atoms with van der Waals surface area (Å²) in [4.78, 5) is 10.5. The number of thioether (sulfide) groups is 1. The smallest absolute Gasteiger partial charge is 0.132 e. The molecule has 5 heteroatoms. The quantitative estimate of drug-likeness (QED) is 0.636.